The molecule has 2 heteroatoms. The molecule has 1 aromatic heterocycles. The maximum atomic E-state index is 9.51. The highest BCUT2D eigenvalue weighted by molar-refractivity contribution is 5.16. The highest BCUT2D eigenvalue weighted by Gasteiger charge is 2.39. The predicted molar refractivity (Wildman–Crippen MR) is 51.4 cm³/mol. The quantitative estimate of drug-likeness (QED) is 0.749. The van der Waals surface area contributed by atoms with Gasteiger partial charge < -0.3 is 5.11 Å². The van der Waals surface area contributed by atoms with E-state index in [4.69, 9.17) is 0 Å². The van der Waals surface area contributed by atoms with Crippen molar-refractivity contribution in [3.05, 3.63) is 30.1 Å². The van der Waals surface area contributed by atoms with E-state index in [9.17, 15) is 5.11 Å². The van der Waals surface area contributed by atoms with E-state index >= 15 is 0 Å². The molecule has 1 aromatic rings. The summed E-state index contributed by atoms with van der Waals surface area (Å²) < 4.78 is 0. The molecule has 0 aliphatic heterocycles. The Labute approximate surface area is 78.6 Å². The molecule has 2 rings (SSSR count). The third-order valence-corrected chi connectivity index (χ3v) is 3.05. The van der Waals surface area contributed by atoms with E-state index in [0.717, 1.165) is 18.5 Å². The largest absolute Gasteiger partial charge is 0.393 e. The second-order valence-electron chi connectivity index (χ2n) is 3.74. The molecule has 0 saturated heterocycles. The van der Waals surface area contributed by atoms with E-state index in [1.165, 1.54) is 0 Å². The average Bonchev–Trinajstić information content (AvgIpc) is 2.16. The summed E-state index contributed by atoms with van der Waals surface area (Å²) in [5.74, 6) is 0.913. The number of nitrogens with zero attached hydrogens (tertiary/aromatic N) is 1. The minimum atomic E-state index is -0.1000. The van der Waals surface area contributed by atoms with Gasteiger partial charge in [0.15, 0.2) is 0 Å². The molecule has 3 unspecified atom stereocenters. The summed E-state index contributed by atoms with van der Waals surface area (Å²) in [7, 11) is 0. The monoisotopic (exact) mass is 177 g/mol. The molecule has 0 radical (unpaired) electrons. The summed E-state index contributed by atoms with van der Waals surface area (Å²) in [4.78, 5) is 4.32. The maximum Gasteiger partial charge on any atom is 0.0581 e. The van der Waals surface area contributed by atoms with Gasteiger partial charge in [-0.15, -0.1) is 0 Å². The van der Waals surface area contributed by atoms with Crippen molar-refractivity contribution in [2.45, 2.75) is 31.8 Å². The number of aromatic nitrogens is 1. The summed E-state index contributed by atoms with van der Waals surface area (Å²) >= 11 is 0. The molecule has 2 nitrogen and oxygen atoms in total. The Morgan fingerprint density at radius 3 is 2.92 bits per heavy atom. The van der Waals surface area contributed by atoms with Crippen molar-refractivity contribution >= 4 is 0 Å². The molecule has 1 heterocycles. The molecule has 13 heavy (non-hydrogen) atoms. The number of hydrogen-bond acceptors (Lipinski definition) is 2. The molecule has 70 valence electrons. The van der Waals surface area contributed by atoms with Gasteiger partial charge in [0, 0.05) is 17.8 Å². The first kappa shape index (κ1) is 8.70. The number of aliphatic hydroxyl groups is 1. The van der Waals surface area contributed by atoms with Crippen molar-refractivity contribution in [2.24, 2.45) is 5.92 Å². The molecule has 0 amide bonds. The Hall–Kier alpha value is -0.890. The Morgan fingerprint density at radius 1 is 1.54 bits per heavy atom. The van der Waals surface area contributed by atoms with Crippen LogP contribution in [0, 0.1) is 5.92 Å². The summed E-state index contributed by atoms with van der Waals surface area (Å²) in [6.07, 6.45) is 3.65. The van der Waals surface area contributed by atoms with Crippen molar-refractivity contribution in [1.29, 1.82) is 0 Å². The lowest BCUT2D eigenvalue weighted by molar-refractivity contribution is -0.00215. The zero-order valence-electron chi connectivity index (χ0n) is 7.85. The summed E-state index contributed by atoms with van der Waals surface area (Å²) in [6, 6.07) is 6.00. The van der Waals surface area contributed by atoms with Gasteiger partial charge in [-0.05, 0) is 24.5 Å². The second-order valence-corrected chi connectivity index (χ2v) is 3.74. The molecule has 1 saturated carbocycles. The average molecular weight is 177 g/mol. The van der Waals surface area contributed by atoms with E-state index in [0.29, 0.717) is 11.8 Å². The highest BCUT2D eigenvalue weighted by Crippen LogP contribution is 2.43. The van der Waals surface area contributed by atoms with Crippen LogP contribution in [0.4, 0.5) is 0 Å². The summed E-state index contributed by atoms with van der Waals surface area (Å²) in [5.41, 5.74) is 1.14. The van der Waals surface area contributed by atoms with Gasteiger partial charge in [-0.25, -0.2) is 0 Å². The van der Waals surface area contributed by atoms with Crippen molar-refractivity contribution in [2.75, 3.05) is 0 Å². The normalized spacial score (nSPS) is 32.6. The van der Waals surface area contributed by atoms with E-state index < -0.39 is 0 Å². The van der Waals surface area contributed by atoms with E-state index in [1.807, 2.05) is 18.3 Å². The van der Waals surface area contributed by atoms with Crippen LogP contribution in [0.1, 0.15) is 31.4 Å². The molecule has 1 aliphatic rings. The third kappa shape index (κ3) is 1.46. The second kappa shape index (κ2) is 3.46. The first-order valence-corrected chi connectivity index (χ1v) is 4.92. The first-order valence-electron chi connectivity index (χ1n) is 4.92. The smallest absolute Gasteiger partial charge is 0.0581 e. The van der Waals surface area contributed by atoms with Gasteiger partial charge in [0.05, 0.1) is 6.10 Å². The molecule has 0 bridgehead atoms. The fourth-order valence-corrected chi connectivity index (χ4v) is 2.17. The fraction of sp³-hybridized carbons (Fsp3) is 0.545. The van der Waals surface area contributed by atoms with E-state index in [-0.39, 0.29) is 6.10 Å². The van der Waals surface area contributed by atoms with Crippen LogP contribution < -0.4 is 0 Å². The van der Waals surface area contributed by atoms with Crippen LogP contribution in [0.2, 0.25) is 0 Å². The van der Waals surface area contributed by atoms with Crippen molar-refractivity contribution in [1.82, 2.24) is 4.98 Å². The van der Waals surface area contributed by atoms with Crippen LogP contribution in [0.5, 0.6) is 0 Å². The molecule has 1 N–H and O–H groups in total. The summed E-state index contributed by atoms with van der Waals surface area (Å²) in [6.45, 7) is 2.13. The van der Waals surface area contributed by atoms with Gasteiger partial charge in [-0.2, -0.15) is 0 Å². The SMILES string of the molecule is CCC1C(O)CC1c1ccccn1. The van der Waals surface area contributed by atoms with E-state index in [2.05, 4.69) is 18.0 Å². The number of rotatable bonds is 2. The van der Waals surface area contributed by atoms with Crippen molar-refractivity contribution in [3.63, 3.8) is 0 Å². The van der Waals surface area contributed by atoms with Crippen LogP contribution in [-0.4, -0.2) is 16.2 Å². The van der Waals surface area contributed by atoms with Crippen LogP contribution in [0.25, 0.3) is 0 Å². The third-order valence-electron chi connectivity index (χ3n) is 3.05. The lowest BCUT2D eigenvalue weighted by atomic mass is 9.68. The molecule has 0 aromatic carbocycles. The lowest BCUT2D eigenvalue weighted by Gasteiger charge is -2.40. The van der Waals surface area contributed by atoms with Crippen LogP contribution in [0.15, 0.2) is 24.4 Å². The van der Waals surface area contributed by atoms with Gasteiger partial charge in [-0.1, -0.05) is 19.4 Å². The highest BCUT2D eigenvalue weighted by atomic mass is 16.3. The molecular formula is C11H15NO. The van der Waals surface area contributed by atoms with Crippen LogP contribution in [-0.2, 0) is 0 Å². The lowest BCUT2D eigenvalue weighted by Crippen LogP contribution is -2.39. The molecule has 0 spiro atoms. The van der Waals surface area contributed by atoms with Crippen LogP contribution >= 0.6 is 0 Å². The fourth-order valence-electron chi connectivity index (χ4n) is 2.17. The minimum absolute atomic E-state index is 0.1000. The Kier molecular flexibility index (Phi) is 2.32. The topological polar surface area (TPSA) is 33.1 Å². The Morgan fingerprint density at radius 2 is 2.38 bits per heavy atom. The van der Waals surface area contributed by atoms with Gasteiger partial charge >= 0.3 is 0 Å². The van der Waals surface area contributed by atoms with Gasteiger partial charge in [0.25, 0.3) is 0 Å². The Balaban J connectivity index is 2.12. The number of aliphatic hydroxyl groups excluding tert-OH is 1. The predicted octanol–water partition coefficient (Wildman–Crippen LogP) is 1.96. The van der Waals surface area contributed by atoms with Gasteiger partial charge in [-0.3, -0.25) is 4.98 Å². The van der Waals surface area contributed by atoms with Crippen LogP contribution in [0.3, 0.4) is 0 Å². The van der Waals surface area contributed by atoms with Gasteiger partial charge in [0.1, 0.15) is 0 Å². The standard InChI is InChI=1S/C11H15NO/c1-2-8-9(7-11(8)13)10-5-3-4-6-12-10/h3-6,8-9,11,13H,2,7H2,1H3. The summed E-state index contributed by atoms with van der Waals surface area (Å²) in [5, 5.41) is 9.51. The minimum Gasteiger partial charge on any atom is -0.393 e. The first-order chi connectivity index (χ1) is 6.33. The number of pyridine rings is 1. The van der Waals surface area contributed by atoms with E-state index in [1.54, 1.807) is 0 Å². The molecule has 3 atom stereocenters. The molecular weight excluding hydrogens is 162 g/mol. The number of hydrogen-bond donors (Lipinski definition) is 1. The zero-order chi connectivity index (χ0) is 9.26. The zero-order valence-corrected chi connectivity index (χ0v) is 7.85. The Bertz CT molecular complexity index is 273. The molecule has 1 fully saturated rings. The van der Waals surface area contributed by atoms with Gasteiger partial charge in [0.2, 0.25) is 0 Å². The molecule has 1 aliphatic carbocycles. The maximum absolute atomic E-state index is 9.51. The van der Waals surface area contributed by atoms with Crippen molar-refractivity contribution in [3.8, 4) is 0 Å². The van der Waals surface area contributed by atoms with Crippen molar-refractivity contribution < 1.29 is 5.11 Å².